The zero-order valence-corrected chi connectivity index (χ0v) is 8.00. The van der Waals surface area contributed by atoms with Gasteiger partial charge in [0.15, 0.2) is 0 Å². The lowest BCUT2D eigenvalue weighted by Gasteiger charge is -2.18. The Morgan fingerprint density at radius 1 is 1.50 bits per heavy atom. The molecule has 0 amide bonds. The van der Waals surface area contributed by atoms with E-state index in [0.717, 1.165) is 36.3 Å². The van der Waals surface area contributed by atoms with Crippen LogP contribution in [-0.2, 0) is 6.42 Å². The van der Waals surface area contributed by atoms with Gasteiger partial charge in [-0.25, -0.2) is 4.39 Å². The second kappa shape index (κ2) is 3.96. The number of rotatable bonds is 2. The molecule has 1 aromatic carbocycles. The molecule has 76 valence electrons. The molecule has 1 atom stereocenters. The zero-order valence-electron chi connectivity index (χ0n) is 8.00. The van der Waals surface area contributed by atoms with E-state index in [4.69, 9.17) is 10.5 Å². The molecular weight excluding hydrogens is 181 g/mol. The lowest BCUT2D eigenvalue weighted by atomic mass is 10.0. The Hall–Kier alpha value is -1.09. The second-order valence-electron chi connectivity index (χ2n) is 3.58. The predicted molar refractivity (Wildman–Crippen MR) is 53.2 cm³/mol. The fraction of sp³-hybridized carbons (Fsp3) is 0.455. The molecule has 1 unspecified atom stereocenters. The Morgan fingerprint density at radius 3 is 3.14 bits per heavy atom. The van der Waals surface area contributed by atoms with E-state index in [9.17, 15) is 4.39 Å². The molecule has 0 aromatic heterocycles. The Kier molecular flexibility index (Phi) is 2.68. The van der Waals surface area contributed by atoms with Crippen molar-refractivity contribution in [3.63, 3.8) is 0 Å². The Labute approximate surface area is 82.9 Å². The van der Waals surface area contributed by atoms with E-state index in [0.29, 0.717) is 0 Å². The van der Waals surface area contributed by atoms with Crippen molar-refractivity contribution in [2.45, 2.75) is 18.9 Å². The van der Waals surface area contributed by atoms with Crippen molar-refractivity contribution in [1.82, 2.24) is 0 Å². The maximum atomic E-state index is 12.3. The molecule has 0 bridgehead atoms. The third kappa shape index (κ3) is 1.73. The third-order valence-electron chi connectivity index (χ3n) is 2.53. The van der Waals surface area contributed by atoms with Gasteiger partial charge in [0, 0.05) is 0 Å². The summed E-state index contributed by atoms with van der Waals surface area (Å²) in [7, 11) is 0. The van der Waals surface area contributed by atoms with E-state index < -0.39 is 12.7 Å². The molecule has 1 aliphatic rings. The van der Waals surface area contributed by atoms with E-state index in [-0.39, 0.29) is 0 Å². The van der Waals surface area contributed by atoms with Crippen molar-refractivity contribution < 1.29 is 9.13 Å². The molecule has 0 saturated carbocycles. The topological polar surface area (TPSA) is 35.2 Å². The van der Waals surface area contributed by atoms with Crippen LogP contribution in [0.2, 0.25) is 0 Å². The molecule has 2 nitrogen and oxygen atoms in total. The predicted octanol–water partition coefficient (Wildman–Crippen LogP) is 1.98. The normalized spacial score (nSPS) is 17.0. The van der Waals surface area contributed by atoms with Crippen LogP contribution in [0.3, 0.4) is 0 Å². The molecule has 0 saturated heterocycles. The number of hydrogen-bond acceptors (Lipinski definition) is 2. The van der Waals surface area contributed by atoms with Crippen molar-refractivity contribution in [2.75, 3.05) is 13.3 Å². The van der Waals surface area contributed by atoms with Gasteiger partial charge < -0.3 is 10.5 Å². The van der Waals surface area contributed by atoms with Gasteiger partial charge >= 0.3 is 0 Å². The van der Waals surface area contributed by atoms with E-state index in [1.54, 1.807) is 0 Å². The molecular formula is C11H14FNO. The largest absolute Gasteiger partial charge is 0.493 e. The smallest absolute Gasteiger partial charge is 0.122 e. The van der Waals surface area contributed by atoms with E-state index in [2.05, 4.69) is 0 Å². The van der Waals surface area contributed by atoms with Gasteiger partial charge in [-0.15, -0.1) is 0 Å². The molecule has 0 fully saturated rings. The number of aryl methyl sites for hydroxylation is 1. The van der Waals surface area contributed by atoms with Crippen LogP contribution in [0.4, 0.5) is 4.39 Å². The summed E-state index contributed by atoms with van der Waals surface area (Å²) in [5.41, 5.74) is 7.62. The first-order chi connectivity index (χ1) is 6.81. The number of hydrogen-bond donors (Lipinski definition) is 1. The standard InChI is InChI=1S/C11H14FNO/c12-7-10(13)8-3-4-11-9(6-8)2-1-5-14-11/h3-4,6,10H,1-2,5,7,13H2. The van der Waals surface area contributed by atoms with Crippen molar-refractivity contribution in [3.05, 3.63) is 29.3 Å². The average molecular weight is 195 g/mol. The molecule has 0 aliphatic carbocycles. The number of alkyl halides is 1. The Morgan fingerprint density at radius 2 is 2.36 bits per heavy atom. The lowest BCUT2D eigenvalue weighted by Crippen LogP contribution is -2.14. The van der Waals surface area contributed by atoms with Crippen LogP contribution in [0, 0.1) is 0 Å². The summed E-state index contributed by atoms with van der Waals surface area (Å²) in [5, 5.41) is 0. The highest BCUT2D eigenvalue weighted by Crippen LogP contribution is 2.27. The summed E-state index contributed by atoms with van der Waals surface area (Å²) in [6, 6.07) is 5.19. The van der Waals surface area contributed by atoms with Crippen molar-refractivity contribution in [1.29, 1.82) is 0 Å². The van der Waals surface area contributed by atoms with Gasteiger partial charge in [0.2, 0.25) is 0 Å². The summed E-state index contributed by atoms with van der Waals surface area (Å²) in [4.78, 5) is 0. The highest BCUT2D eigenvalue weighted by molar-refractivity contribution is 5.39. The molecule has 0 spiro atoms. The van der Waals surface area contributed by atoms with Crippen molar-refractivity contribution >= 4 is 0 Å². The monoisotopic (exact) mass is 195 g/mol. The first-order valence-corrected chi connectivity index (χ1v) is 4.88. The Balaban J connectivity index is 2.29. The average Bonchev–Trinajstić information content (AvgIpc) is 2.27. The van der Waals surface area contributed by atoms with E-state index in [1.807, 2.05) is 18.2 Å². The van der Waals surface area contributed by atoms with Crippen LogP contribution in [0.25, 0.3) is 0 Å². The van der Waals surface area contributed by atoms with Crippen LogP contribution < -0.4 is 10.5 Å². The highest BCUT2D eigenvalue weighted by Gasteiger charge is 2.13. The first-order valence-electron chi connectivity index (χ1n) is 4.88. The SMILES string of the molecule is NC(CF)c1ccc2c(c1)CCCO2. The van der Waals surface area contributed by atoms with E-state index >= 15 is 0 Å². The summed E-state index contributed by atoms with van der Waals surface area (Å²) in [6.07, 6.45) is 2.03. The fourth-order valence-electron chi connectivity index (χ4n) is 1.70. The van der Waals surface area contributed by atoms with Crippen LogP contribution in [0.5, 0.6) is 5.75 Å². The second-order valence-corrected chi connectivity index (χ2v) is 3.58. The molecule has 1 aliphatic heterocycles. The zero-order chi connectivity index (χ0) is 9.97. The van der Waals surface area contributed by atoms with Gasteiger partial charge in [0.05, 0.1) is 12.6 Å². The quantitative estimate of drug-likeness (QED) is 0.783. The van der Waals surface area contributed by atoms with Gasteiger partial charge in [-0.05, 0) is 30.0 Å². The number of halogens is 1. The number of ether oxygens (including phenoxy) is 1. The van der Waals surface area contributed by atoms with Gasteiger partial charge in [0.25, 0.3) is 0 Å². The minimum Gasteiger partial charge on any atom is -0.493 e. The first kappa shape index (κ1) is 9.46. The maximum Gasteiger partial charge on any atom is 0.122 e. The van der Waals surface area contributed by atoms with Crippen LogP contribution in [0.1, 0.15) is 23.6 Å². The molecule has 14 heavy (non-hydrogen) atoms. The number of fused-ring (bicyclic) bond motifs is 1. The highest BCUT2D eigenvalue weighted by atomic mass is 19.1. The fourth-order valence-corrected chi connectivity index (χ4v) is 1.70. The van der Waals surface area contributed by atoms with E-state index in [1.165, 1.54) is 0 Å². The van der Waals surface area contributed by atoms with Crippen LogP contribution >= 0.6 is 0 Å². The van der Waals surface area contributed by atoms with Crippen LogP contribution in [0.15, 0.2) is 18.2 Å². The van der Waals surface area contributed by atoms with Crippen molar-refractivity contribution in [2.24, 2.45) is 5.73 Å². The van der Waals surface area contributed by atoms with Crippen LogP contribution in [-0.4, -0.2) is 13.3 Å². The number of benzene rings is 1. The summed E-state index contributed by atoms with van der Waals surface area (Å²) >= 11 is 0. The van der Waals surface area contributed by atoms with Crippen molar-refractivity contribution in [3.8, 4) is 5.75 Å². The number of nitrogens with two attached hydrogens (primary N) is 1. The van der Waals surface area contributed by atoms with Gasteiger partial charge in [-0.2, -0.15) is 0 Å². The summed E-state index contributed by atoms with van der Waals surface area (Å²) < 4.78 is 17.8. The summed E-state index contributed by atoms with van der Waals surface area (Å²) in [6.45, 7) is 0.265. The molecule has 2 N–H and O–H groups in total. The van der Waals surface area contributed by atoms with Gasteiger partial charge in [-0.3, -0.25) is 0 Å². The van der Waals surface area contributed by atoms with Gasteiger partial charge in [-0.1, -0.05) is 12.1 Å². The summed E-state index contributed by atoms with van der Waals surface area (Å²) in [5.74, 6) is 0.922. The lowest BCUT2D eigenvalue weighted by molar-refractivity contribution is 0.288. The molecule has 1 aromatic rings. The van der Waals surface area contributed by atoms with Gasteiger partial charge in [0.1, 0.15) is 12.4 Å². The Bertz CT molecular complexity index is 327. The molecule has 1 heterocycles. The molecule has 0 radical (unpaired) electrons. The minimum absolute atomic E-state index is 0.498. The third-order valence-corrected chi connectivity index (χ3v) is 2.53. The minimum atomic E-state index is -0.514. The molecule has 2 rings (SSSR count). The molecule has 3 heteroatoms. The maximum absolute atomic E-state index is 12.3.